The van der Waals surface area contributed by atoms with Crippen molar-refractivity contribution < 1.29 is 0 Å². The molecule has 0 amide bonds. The average Bonchev–Trinajstić information content (AvgIpc) is 2.79. The molecule has 3 unspecified atom stereocenters. The van der Waals surface area contributed by atoms with E-state index in [2.05, 4.69) is 26.1 Å². The lowest BCUT2D eigenvalue weighted by atomic mass is 9.89. The Bertz CT molecular complexity index is 195. The van der Waals surface area contributed by atoms with Crippen LogP contribution in [0.5, 0.6) is 0 Å². The van der Waals surface area contributed by atoms with E-state index in [9.17, 15) is 0 Å². The Labute approximate surface area is 88.7 Å². The molecule has 0 radical (unpaired) electrons. The van der Waals surface area contributed by atoms with Crippen LogP contribution in [0.25, 0.3) is 0 Å². The first kappa shape index (κ1) is 10.5. The molecule has 0 saturated heterocycles. The first-order chi connectivity index (χ1) is 6.67. The average molecular weight is 195 g/mol. The quantitative estimate of drug-likeness (QED) is 0.725. The second kappa shape index (κ2) is 3.84. The van der Waals surface area contributed by atoms with Crippen LogP contribution in [0.3, 0.4) is 0 Å². The molecular formula is C13H25N. The van der Waals surface area contributed by atoms with E-state index in [1.807, 2.05) is 0 Å². The largest absolute Gasteiger partial charge is 0.309 e. The molecule has 0 aromatic heterocycles. The Hall–Kier alpha value is -0.0400. The van der Waals surface area contributed by atoms with Crippen LogP contribution in [0.1, 0.15) is 59.3 Å². The molecule has 0 aromatic carbocycles. The highest BCUT2D eigenvalue weighted by Crippen LogP contribution is 2.45. The van der Waals surface area contributed by atoms with Crippen molar-refractivity contribution in [2.75, 3.05) is 0 Å². The summed E-state index contributed by atoms with van der Waals surface area (Å²) in [7, 11) is 0. The fourth-order valence-corrected chi connectivity index (χ4v) is 3.32. The van der Waals surface area contributed by atoms with Gasteiger partial charge in [0.15, 0.2) is 0 Å². The van der Waals surface area contributed by atoms with Crippen LogP contribution in [0.15, 0.2) is 0 Å². The van der Waals surface area contributed by atoms with Crippen LogP contribution < -0.4 is 5.32 Å². The SMILES string of the molecule is CCC(C)(CC)NC1CC2CCC1C2. The molecule has 2 aliphatic carbocycles. The second-order valence-electron chi connectivity index (χ2n) is 5.69. The van der Waals surface area contributed by atoms with E-state index in [1.54, 1.807) is 0 Å². The molecule has 1 nitrogen and oxygen atoms in total. The minimum atomic E-state index is 0.398. The van der Waals surface area contributed by atoms with Gasteiger partial charge in [-0.1, -0.05) is 20.3 Å². The van der Waals surface area contributed by atoms with Crippen LogP contribution in [0.4, 0.5) is 0 Å². The summed E-state index contributed by atoms with van der Waals surface area (Å²) < 4.78 is 0. The molecule has 14 heavy (non-hydrogen) atoms. The summed E-state index contributed by atoms with van der Waals surface area (Å²) in [4.78, 5) is 0. The molecule has 0 spiro atoms. The van der Waals surface area contributed by atoms with Crippen molar-refractivity contribution in [2.24, 2.45) is 11.8 Å². The van der Waals surface area contributed by atoms with Gasteiger partial charge in [-0.3, -0.25) is 0 Å². The summed E-state index contributed by atoms with van der Waals surface area (Å²) in [6, 6.07) is 0.846. The summed E-state index contributed by atoms with van der Waals surface area (Å²) >= 11 is 0. The zero-order chi connectivity index (χ0) is 10.2. The fourth-order valence-electron chi connectivity index (χ4n) is 3.32. The maximum atomic E-state index is 3.92. The molecule has 3 atom stereocenters. The molecule has 2 saturated carbocycles. The van der Waals surface area contributed by atoms with Gasteiger partial charge >= 0.3 is 0 Å². The van der Waals surface area contributed by atoms with Gasteiger partial charge in [0, 0.05) is 11.6 Å². The van der Waals surface area contributed by atoms with E-state index < -0.39 is 0 Å². The number of hydrogen-bond donors (Lipinski definition) is 1. The lowest BCUT2D eigenvalue weighted by Gasteiger charge is -2.35. The predicted octanol–water partition coefficient (Wildman–Crippen LogP) is 3.34. The summed E-state index contributed by atoms with van der Waals surface area (Å²) in [5.41, 5.74) is 0.398. The van der Waals surface area contributed by atoms with Crippen LogP contribution >= 0.6 is 0 Å². The lowest BCUT2D eigenvalue weighted by Crippen LogP contribution is -2.49. The maximum Gasteiger partial charge on any atom is 0.0150 e. The Balaban J connectivity index is 1.91. The fraction of sp³-hybridized carbons (Fsp3) is 1.00. The summed E-state index contributed by atoms with van der Waals surface area (Å²) in [5, 5.41) is 3.92. The van der Waals surface area contributed by atoms with Gasteiger partial charge < -0.3 is 5.32 Å². The van der Waals surface area contributed by atoms with Crippen LogP contribution in [-0.2, 0) is 0 Å². The van der Waals surface area contributed by atoms with Gasteiger partial charge in [0.2, 0.25) is 0 Å². The van der Waals surface area contributed by atoms with Crippen LogP contribution in [0.2, 0.25) is 0 Å². The normalized spacial score (nSPS) is 36.6. The second-order valence-corrected chi connectivity index (χ2v) is 5.69. The highest BCUT2D eigenvalue weighted by atomic mass is 15.0. The van der Waals surface area contributed by atoms with E-state index in [-0.39, 0.29) is 0 Å². The van der Waals surface area contributed by atoms with Crippen molar-refractivity contribution in [3.8, 4) is 0 Å². The molecule has 2 bridgehead atoms. The van der Waals surface area contributed by atoms with Gasteiger partial charge in [-0.25, -0.2) is 0 Å². The first-order valence-corrected chi connectivity index (χ1v) is 6.44. The number of rotatable bonds is 4. The smallest absolute Gasteiger partial charge is 0.0150 e. The summed E-state index contributed by atoms with van der Waals surface area (Å²) in [6.45, 7) is 7.01. The summed E-state index contributed by atoms with van der Waals surface area (Å²) in [5.74, 6) is 2.08. The Morgan fingerprint density at radius 2 is 1.86 bits per heavy atom. The van der Waals surface area contributed by atoms with Crippen molar-refractivity contribution in [3.05, 3.63) is 0 Å². The van der Waals surface area contributed by atoms with Gasteiger partial charge in [0.25, 0.3) is 0 Å². The van der Waals surface area contributed by atoms with Gasteiger partial charge in [-0.2, -0.15) is 0 Å². The van der Waals surface area contributed by atoms with Crippen molar-refractivity contribution in [1.29, 1.82) is 0 Å². The van der Waals surface area contributed by atoms with Gasteiger partial charge in [0.1, 0.15) is 0 Å². The minimum absolute atomic E-state index is 0.398. The van der Waals surface area contributed by atoms with Crippen LogP contribution in [0, 0.1) is 11.8 Å². The van der Waals surface area contributed by atoms with E-state index >= 15 is 0 Å². The topological polar surface area (TPSA) is 12.0 Å². The molecule has 0 heterocycles. The molecule has 1 heteroatoms. The standard InChI is InChI=1S/C13H25N/c1-4-13(3,5-2)14-12-9-10-6-7-11(12)8-10/h10-12,14H,4-9H2,1-3H3. The Morgan fingerprint density at radius 3 is 2.29 bits per heavy atom. The van der Waals surface area contributed by atoms with Crippen LogP contribution in [-0.4, -0.2) is 11.6 Å². The molecule has 0 aliphatic heterocycles. The van der Waals surface area contributed by atoms with Crippen molar-refractivity contribution in [2.45, 2.75) is 70.9 Å². The Morgan fingerprint density at radius 1 is 1.14 bits per heavy atom. The third-order valence-electron chi connectivity index (χ3n) is 4.83. The number of nitrogens with one attached hydrogen (secondary N) is 1. The van der Waals surface area contributed by atoms with Crippen molar-refractivity contribution >= 4 is 0 Å². The molecule has 1 N–H and O–H groups in total. The molecule has 2 fully saturated rings. The summed E-state index contributed by atoms with van der Waals surface area (Å²) in [6.07, 6.45) is 8.50. The van der Waals surface area contributed by atoms with E-state index in [1.165, 1.54) is 38.5 Å². The Kier molecular flexibility index (Phi) is 2.88. The number of hydrogen-bond acceptors (Lipinski definition) is 1. The third kappa shape index (κ3) is 1.84. The monoisotopic (exact) mass is 195 g/mol. The van der Waals surface area contributed by atoms with Gasteiger partial charge in [0.05, 0.1) is 0 Å². The molecular weight excluding hydrogens is 170 g/mol. The zero-order valence-electron chi connectivity index (χ0n) is 9.97. The first-order valence-electron chi connectivity index (χ1n) is 6.44. The number of fused-ring (bicyclic) bond motifs is 2. The lowest BCUT2D eigenvalue weighted by molar-refractivity contribution is 0.238. The highest BCUT2D eigenvalue weighted by molar-refractivity contribution is 4.97. The highest BCUT2D eigenvalue weighted by Gasteiger charge is 2.41. The molecule has 82 valence electrons. The van der Waals surface area contributed by atoms with Crippen molar-refractivity contribution in [1.82, 2.24) is 5.32 Å². The predicted molar refractivity (Wildman–Crippen MR) is 61.4 cm³/mol. The van der Waals surface area contributed by atoms with Gasteiger partial charge in [-0.15, -0.1) is 0 Å². The van der Waals surface area contributed by atoms with E-state index in [0.29, 0.717) is 5.54 Å². The third-order valence-corrected chi connectivity index (χ3v) is 4.83. The molecule has 2 aliphatic rings. The van der Waals surface area contributed by atoms with E-state index in [0.717, 1.165) is 17.9 Å². The zero-order valence-corrected chi connectivity index (χ0v) is 9.97. The van der Waals surface area contributed by atoms with E-state index in [4.69, 9.17) is 0 Å². The van der Waals surface area contributed by atoms with Gasteiger partial charge in [-0.05, 0) is 50.9 Å². The molecule has 0 aromatic rings. The maximum absolute atomic E-state index is 3.92. The molecule has 2 rings (SSSR count). The minimum Gasteiger partial charge on any atom is -0.309 e. The van der Waals surface area contributed by atoms with Crippen molar-refractivity contribution in [3.63, 3.8) is 0 Å².